The quantitative estimate of drug-likeness (QED) is 0.434. The van der Waals surface area contributed by atoms with Gasteiger partial charge in [0.2, 0.25) is 12.2 Å². The fourth-order valence-corrected chi connectivity index (χ4v) is 2.10. The van der Waals surface area contributed by atoms with E-state index in [0.717, 1.165) is 31.2 Å². The summed E-state index contributed by atoms with van der Waals surface area (Å²) in [6, 6.07) is 3.26. The van der Waals surface area contributed by atoms with Crippen LogP contribution in [0.1, 0.15) is 42.9 Å². The Kier molecular flexibility index (Phi) is 7.23. The number of aliphatic imine (C=N–C) groups is 2. The fraction of sp³-hybridized carbons (Fsp3) is 0.467. The highest BCUT2D eigenvalue weighted by Crippen LogP contribution is 2.32. The molecule has 112 valence electrons. The minimum Gasteiger partial charge on any atom is -0.330 e. The number of hydrogen-bond acceptors (Lipinski definition) is 6. The van der Waals surface area contributed by atoms with Gasteiger partial charge >= 0.3 is 0 Å². The van der Waals surface area contributed by atoms with Gasteiger partial charge in [-0.05, 0) is 44.0 Å². The van der Waals surface area contributed by atoms with Gasteiger partial charge in [0, 0.05) is 11.6 Å². The summed E-state index contributed by atoms with van der Waals surface area (Å²) in [5.41, 5.74) is 13.9. The Bertz CT molecular complexity index is 534. The number of benzene rings is 1. The Morgan fingerprint density at radius 1 is 1.10 bits per heavy atom. The van der Waals surface area contributed by atoms with Gasteiger partial charge in [-0.3, -0.25) is 0 Å². The number of unbranched alkanes of at least 4 members (excludes halogenated alkanes) is 2. The van der Waals surface area contributed by atoms with Crippen LogP contribution in [0.3, 0.4) is 0 Å². The van der Waals surface area contributed by atoms with Crippen molar-refractivity contribution in [3.63, 3.8) is 0 Å². The standard InChI is InChI=1S/C15H20N4O2/c1-11-14(18-9-20)7-12(8-15(11)19-10-21)13(17)5-3-2-4-6-16/h7-8,13H,2-6,16-17H2,1H3. The summed E-state index contributed by atoms with van der Waals surface area (Å²) in [6.45, 7) is 2.40. The molecule has 4 N–H and O–H groups in total. The molecule has 0 aliphatic carbocycles. The summed E-state index contributed by atoms with van der Waals surface area (Å²) >= 11 is 0. The van der Waals surface area contributed by atoms with Crippen LogP contribution in [0.2, 0.25) is 0 Å². The van der Waals surface area contributed by atoms with Gasteiger partial charge in [0.25, 0.3) is 0 Å². The van der Waals surface area contributed by atoms with Crippen molar-refractivity contribution in [2.75, 3.05) is 6.54 Å². The second kappa shape index (κ2) is 8.95. The van der Waals surface area contributed by atoms with E-state index in [4.69, 9.17) is 11.5 Å². The molecule has 0 heterocycles. The summed E-state index contributed by atoms with van der Waals surface area (Å²) < 4.78 is 0. The van der Waals surface area contributed by atoms with Crippen LogP contribution in [0.4, 0.5) is 11.4 Å². The summed E-state index contributed by atoms with van der Waals surface area (Å²) in [7, 11) is 0. The molecule has 1 aromatic rings. The van der Waals surface area contributed by atoms with E-state index in [0.29, 0.717) is 23.5 Å². The van der Waals surface area contributed by atoms with Crippen molar-refractivity contribution in [1.82, 2.24) is 0 Å². The van der Waals surface area contributed by atoms with E-state index in [2.05, 4.69) is 9.98 Å². The first kappa shape index (κ1) is 17.0. The van der Waals surface area contributed by atoms with E-state index in [1.54, 1.807) is 19.1 Å². The van der Waals surface area contributed by atoms with Crippen molar-refractivity contribution in [3.8, 4) is 0 Å². The Morgan fingerprint density at radius 2 is 1.67 bits per heavy atom. The molecule has 0 aliphatic rings. The lowest BCUT2D eigenvalue weighted by Gasteiger charge is -2.14. The van der Waals surface area contributed by atoms with Crippen LogP contribution in [0.5, 0.6) is 0 Å². The molecule has 0 saturated carbocycles. The Morgan fingerprint density at radius 3 is 2.14 bits per heavy atom. The maximum Gasteiger partial charge on any atom is 0.240 e. The molecule has 0 spiro atoms. The number of rotatable bonds is 8. The van der Waals surface area contributed by atoms with E-state index >= 15 is 0 Å². The topological polar surface area (TPSA) is 111 Å². The van der Waals surface area contributed by atoms with Crippen molar-refractivity contribution >= 4 is 23.5 Å². The lowest BCUT2D eigenvalue weighted by atomic mass is 9.98. The van der Waals surface area contributed by atoms with Crippen LogP contribution in [0.25, 0.3) is 0 Å². The molecule has 0 saturated heterocycles. The van der Waals surface area contributed by atoms with E-state index in [1.807, 2.05) is 0 Å². The maximum atomic E-state index is 10.5. The first-order valence-corrected chi connectivity index (χ1v) is 6.90. The van der Waals surface area contributed by atoms with Gasteiger partial charge in [-0.2, -0.15) is 9.98 Å². The van der Waals surface area contributed by atoms with Gasteiger partial charge in [0.05, 0.1) is 11.4 Å². The molecule has 0 aromatic heterocycles. The maximum absolute atomic E-state index is 10.5. The number of hydrogen-bond donors (Lipinski definition) is 2. The van der Waals surface area contributed by atoms with E-state index in [9.17, 15) is 9.59 Å². The molecule has 0 amide bonds. The SMILES string of the molecule is Cc1c(N=C=O)cc(C(N)CCCCCN)cc1N=C=O. The molecule has 1 rings (SSSR count). The molecule has 1 unspecified atom stereocenters. The number of nitrogens with zero attached hydrogens (tertiary/aromatic N) is 2. The molecule has 6 nitrogen and oxygen atoms in total. The smallest absolute Gasteiger partial charge is 0.240 e. The van der Waals surface area contributed by atoms with Gasteiger partial charge in [0.1, 0.15) is 0 Å². The molecule has 0 radical (unpaired) electrons. The van der Waals surface area contributed by atoms with Crippen LogP contribution in [0.15, 0.2) is 22.1 Å². The van der Waals surface area contributed by atoms with Gasteiger partial charge in [-0.1, -0.05) is 12.8 Å². The van der Waals surface area contributed by atoms with Crippen molar-refractivity contribution in [2.24, 2.45) is 21.5 Å². The highest BCUT2D eigenvalue weighted by atomic mass is 16.1. The molecule has 0 bridgehead atoms. The minimum absolute atomic E-state index is 0.204. The second-order valence-corrected chi connectivity index (χ2v) is 4.83. The van der Waals surface area contributed by atoms with E-state index < -0.39 is 0 Å². The van der Waals surface area contributed by atoms with Crippen LogP contribution in [-0.4, -0.2) is 18.7 Å². The third kappa shape index (κ3) is 5.06. The first-order valence-electron chi connectivity index (χ1n) is 6.90. The largest absolute Gasteiger partial charge is 0.330 e. The Labute approximate surface area is 124 Å². The lowest BCUT2D eigenvalue weighted by molar-refractivity contribution is 0.565. The highest BCUT2D eigenvalue weighted by molar-refractivity contribution is 5.67. The van der Waals surface area contributed by atoms with Gasteiger partial charge in [0.15, 0.2) is 0 Å². The highest BCUT2D eigenvalue weighted by Gasteiger charge is 2.12. The minimum atomic E-state index is -0.204. The molecule has 1 atom stereocenters. The van der Waals surface area contributed by atoms with Gasteiger partial charge in [-0.25, -0.2) is 9.59 Å². The molecular weight excluding hydrogens is 268 g/mol. The average Bonchev–Trinajstić information content (AvgIpc) is 2.47. The summed E-state index contributed by atoms with van der Waals surface area (Å²) in [4.78, 5) is 28.2. The third-order valence-corrected chi connectivity index (χ3v) is 3.35. The molecule has 0 fully saturated rings. The van der Waals surface area contributed by atoms with E-state index in [-0.39, 0.29) is 6.04 Å². The number of isocyanates is 2. The zero-order chi connectivity index (χ0) is 15.7. The van der Waals surface area contributed by atoms with Crippen molar-refractivity contribution in [2.45, 2.75) is 38.6 Å². The fourth-order valence-electron chi connectivity index (χ4n) is 2.10. The van der Waals surface area contributed by atoms with Gasteiger partial charge in [-0.15, -0.1) is 0 Å². The summed E-state index contributed by atoms with van der Waals surface area (Å²) in [6.07, 6.45) is 6.75. The molecule has 0 aliphatic heterocycles. The lowest BCUT2D eigenvalue weighted by Crippen LogP contribution is -2.10. The number of nitrogens with two attached hydrogens (primary N) is 2. The Hall–Kier alpha value is -2.10. The van der Waals surface area contributed by atoms with Crippen molar-refractivity contribution in [3.05, 3.63) is 23.3 Å². The predicted molar refractivity (Wildman–Crippen MR) is 81.2 cm³/mol. The zero-order valence-electron chi connectivity index (χ0n) is 12.1. The van der Waals surface area contributed by atoms with Gasteiger partial charge < -0.3 is 11.5 Å². The normalized spacial score (nSPS) is 11.4. The third-order valence-electron chi connectivity index (χ3n) is 3.35. The summed E-state index contributed by atoms with van der Waals surface area (Å²) in [5, 5.41) is 0. The van der Waals surface area contributed by atoms with Crippen LogP contribution < -0.4 is 11.5 Å². The number of carbonyl (C=O) groups excluding carboxylic acids is 2. The monoisotopic (exact) mass is 288 g/mol. The second-order valence-electron chi connectivity index (χ2n) is 4.83. The van der Waals surface area contributed by atoms with Crippen molar-refractivity contribution < 1.29 is 9.59 Å². The zero-order valence-corrected chi connectivity index (χ0v) is 12.1. The Balaban J connectivity index is 3.00. The van der Waals surface area contributed by atoms with Crippen LogP contribution >= 0.6 is 0 Å². The van der Waals surface area contributed by atoms with Crippen LogP contribution in [-0.2, 0) is 9.59 Å². The average molecular weight is 288 g/mol. The molecule has 1 aromatic carbocycles. The van der Waals surface area contributed by atoms with E-state index in [1.165, 1.54) is 12.2 Å². The van der Waals surface area contributed by atoms with Crippen LogP contribution in [0, 0.1) is 6.92 Å². The predicted octanol–water partition coefficient (Wildman–Crippen LogP) is 2.45. The molecular formula is C15H20N4O2. The molecule has 21 heavy (non-hydrogen) atoms. The van der Waals surface area contributed by atoms with Crippen molar-refractivity contribution in [1.29, 1.82) is 0 Å². The molecule has 6 heteroatoms. The first-order chi connectivity index (χ1) is 10.1. The summed E-state index contributed by atoms with van der Waals surface area (Å²) in [5.74, 6) is 0.